The molecule has 0 aromatic carbocycles. The van der Waals surface area contributed by atoms with Crippen LogP contribution in [0.15, 0.2) is 10.3 Å². The van der Waals surface area contributed by atoms with Crippen molar-refractivity contribution in [3.63, 3.8) is 0 Å². The third-order valence-electron chi connectivity index (χ3n) is 1.36. The van der Waals surface area contributed by atoms with Crippen molar-refractivity contribution in [1.29, 1.82) is 0 Å². The number of rotatable bonds is 2. The molecule has 2 aromatic rings. The predicted octanol–water partition coefficient (Wildman–Crippen LogP) is 0.858. The molecule has 0 saturated carbocycles. The standard InChI is InChI=1S/C5H3ClN4OS2/c6-4-3(8-9-13-4)1-10-5(11)12-2-7-10/h2H,1H2. The van der Waals surface area contributed by atoms with Crippen LogP contribution >= 0.6 is 34.5 Å². The molecule has 13 heavy (non-hydrogen) atoms. The summed E-state index contributed by atoms with van der Waals surface area (Å²) in [5.41, 5.74) is 2.07. The van der Waals surface area contributed by atoms with Crippen molar-refractivity contribution >= 4 is 34.5 Å². The fourth-order valence-corrected chi connectivity index (χ4v) is 1.87. The summed E-state index contributed by atoms with van der Waals surface area (Å²) in [7, 11) is 0. The van der Waals surface area contributed by atoms with Crippen LogP contribution in [0.4, 0.5) is 0 Å². The first-order chi connectivity index (χ1) is 6.27. The number of hydrogen-bond acceptors (Lipinski definition) is 6. The molecular weight excluding hydrogens is 232 g/mol. The summed E-state index contributed by atoms with van der Waals surface area (Å²) in [4.78, 5) is 11.0. The van der Waals surface area contributed by atoms with Crippen LogP contribution in [0, 0.1) is 0 Å². The first kappa shape index (κ1) is 8.79. The second-order valence-corrected chi connectivity index (χ2v) is 4.31. The van der Waals surface area contributed by atoms with Crippen LogP contribution in [-0.2, 0) is 6.54 Å². The highest BCUT2D eigenvalue weighted by molar-refractivity contribution is 7.10. The minimum atomic E-state index is -0.121. The van der Waals surface area contributed by atoms with Gasteiger partial charge >= 0.3 is 4.87 Å². The predicted molar refractivity (Wildman–Crippen MR) is 50.4 cm³/mol. The molecule has 0 amide bonds. The van der Waals surface area contributed by atoms with E-state index in [0.717, 1.165) is 22.9 Å². The zero-order chi connectivity index (χ0) is 9.26. The molecule has 0 radical (unpaired) electrons. The molecule has 2 aromatic heterocycles. The van der Waals surface area contributed by atoms with Gasteiger partial charge in [-0.1, -0.05) is 27.4 Å². The SMILES string of the molecule is O=c1scnn1Cc1nnsc1Cl. The molecule has 0 N–H and O–H groups in total. The Kier molecular flexibility index (Phi) is 2.38. The van der Waals surface area contributed by atoms with Crippen molar-refractivity contribution < 1.29 is 0 Å². The highest BCUT2D eigenvalue weighted by Gasteiger charge is 2.07. The highest BCUT2D eigenvalue weighted by atomic mass is 35.5. The van der Waals surface area contributed by atoms with Gasteiger partial charge in [-0.25, -0.2) is 4.68 Å². The van der Waals surface area contributed by atoms with Crippen molar-refractivity contribution in [2.24, 2.45) is 0 Å². The topological polar surface area (TPSA) is 60.7 Å². The molecule has 8 heteroatoms. The maximum atomic E-state index is 11.1. The lowest BCUT2D eigenvalue weighted by Crippen LogP contribution is -2.15. The zero-order valence-corrected chi connectivity index (χ0v) is 8.56. The molecule has 0 aliphatic carbocycles. The minimum absolute atomic E-state index is 0.121. The van der Waals surface area contributed by atoms with Crippen molar-refractivity contribution in [2.75, 3.05) is 0 Å². The fourth-order valence-electron chi connectivity index (χ4n) is 0.772. The van der Waals surface area contributed by atoms with Crippen LogP contribution < -0.4 is 4.87 Å². The molecule has 5 nitrogen and oxygen atoms in total. The number of halogens is 1. The Balaban J connectivity index is 2.29. The van der Waals surface area contributed by atoms with Gasteiger partial charge in [0.2, 0.25) is 0 Å². The average Bonchev–Trinajstić information content (AvgIpc) is 2.65. The van der Waals surface area contributed by atoms with E-state index in [9.17, 15) is 4.79 Å². The van der Waals surface area contributed by atoms with E-state index < -0.39 is 0 Å². The quantitative estimate of drug-likeness (QED) is 0.773. The van der Waals surface area contributed by atoms with E-state index in [-0.39, 0.29) is 11.4 Å². The molecule has 0 bridgehead atoms. The third-order valence-corrected chi connectivity index (χ3v) is 2.96. The maximum Gasteiger partial charge on any atom is 0.325 e. The van der Waals surface area contributed by atoms with E-state index in [4.69, 9.17) is 11.6 Å². The van der Waals surface area contributed by atoms with Gasteiger partial charge < -0.3 is 0 Å². The van der Waals surface area contributed by atoms with Gasteiger partial charge in [0.05, 0.1) is 6.54 Å². The van der Waals surface area contributed by atoms with Crippen LogP contribution in [0.1, 0.15) is 5.69 Å². The van der Waals surface area contributed by atoms with Gasteiger partial charge in [-0.3, -0.25) is 4.79 Å². The van der Waals surface area contributed by atoms with Gasteiger partial charge in [-0.15, -0.1) is 5.10 Å². The summed E-state index contributed by atoms with van der Waals surface area (Å²) >= 11 is 7.90. The second kappa shape index (κ2) is 3.52. The summed E-state index contributed by atoms with van der Waals surface area (Å²) in [6, 6.07) is 0. The smallest absolute Gasteiger partial charge is 0.255 e. The van der Waals surface area contributed by atoms with E-state index in [2.05, 4.69) is 14.7 Å². The number of hydrogen-bond donors (Lipinski definition) is 0. The fraction of sp³-hybridized carbons (Fsp3) is 0.200. The van der Waals surface area contributed by atoms with Crippen LogP contribution in [0.3, 0.4) is 0 Å². The summed E-state index contributed by atoms with van der Waals surface area (Å²) in [6.45, 7) is 0.289. The van der Waals surface area contributed by atoms with Gasteiger partial charge in [-0.2, -0.15) is 5.10 Å². The average molecular weight is 235 g/mol. The zero-order valence-electron chi connectivity index (χ0n) is 6.18. The van der Waals surface area contributed by atoms with Crippen LogP contribution in [0.25, 0.3) is 0 Å². The Hall–Kier alpha value is -0.790. The van der Waals surface area contributed by atoms with Crippen molar-refractivity contribution in [3.8, 4) is 0 Å². The molecule has 0 unspecified atom stereocenters. The third kappa shape index (κ3) is 1.77. The molecule has 0 atom stereocenters. The molecule has 0 saturated heterocycles. The lowest BCUT2D eigenvalue weighted by molar-refractivity contribution is 0.651. The Morgan fingerprint density at radius 1 is 1.62 bits per heavy atom. The monoisotopic (exact) mass is 234 g/mol. The Morgan fingerprint density at radius 2 is 2.46 bits per heavy atom. The van der Waals surface area contributed by atoms with Crippen LogP contribution in [-0.4, -0.2) is 19.4 Å². The van der Waals surface area contributed by atoms with E-state index >= 15 is 0 Å². The van der Waals surface area contributed by atoms with E-state index in [1.807, 2.05) is 0 Å². The van der Waals surface area contributed by atoms with E-state index in [1.165, 1.54) is 10.2 Å². The summed E-state index contributed by atoms with van der Waals surface area (Å²) < 4.78 is 5.45. The highest BCUT2D eigenvalue weighted by Crippen LogP contribution is 2.17. The van der Waals surface area contributed by atoms with Gasteiger partial charge in [0.1, 0.15) is 15.5 Å². The molecule has 2 rings (SSSR count). The van der Waals surface area contributed by atoms with Crippen molar-refractivity contribution in [2.45, 2.75) is 6.54 Å². The van der Waals surface area contributed by atoms with E-state index in [1.54, 1.807) is 0 Å². The minimum Gasteiger partial charge on any atom is -0.255 e. The van der Waals surface area contributed by atoms with E-state index in [0.29, 0.717) is 10.0 Å². The number of aromatic nitrogens is 4. The molecule has 68 valence electrons. The van der Waals surface area contributed by atoms with Gasteiger partial charge in [0.25, 0.3) is 0 Å². The second-order valence-electron chi connectivity index (χ2n) is 2.16. The summed E-state index contributed by atoms with van der Waals surface area (Å²) in [5.74, 6) is 0. The van der Waals surface area contributed by atoms with Crippen molar-refractivity contribution in [3.05, 3.63) is 25.2 Å². The first-order valence-electron chi connectivity index (χ1n) is 3.24. The molecule has 0 fully saturated rings. The lowest BCUT2D eigenvalue weighted by atomic mass is 10.5. The maximum absolute atomic E-state index is 11.1. The first-order valence-corrected chi connectivity index (χ1v) is 5.28. The Labute approximate surface area is 85.8 Å². The van der Waals surface area contributed by atoms with Crippen molar-refractivity contribution in [1.82, 2.24) is 19.4 Å². The Bertz CT molecular complexity index is 461. The summed E-state index contributed by atoms with van der Waals surface area (Å²) in [6.07, 6.45) is 0. The molecule has 0 aliphatic heterocycles. The van der Waals surface area contributed by atoms with Gasteiger partial charge in [-0.05, 0) is 0 Å². The molecule has 2 heterocycles. The Morgan fingerprint density at radius 3 is 3.00 bits per heavy atom. The van der Waals surface area contributed by atoms with Gasteiger partial charge in [0, 0.05) is 11.5 Å². The van der Waals surface area contributed by atoms with Crippen LogP contribution in [0.2, 0.25) is 4.34 Å². The number of nitrogens with zero attached hydrogens (tertiary/aromatic N) is 4. The largest absolute Gasteiger partial charge is 0.325 e. The normalized spacial score (nSPS) is 10.5. The van der Waals surface area contributed by atoms with Gasteiger partial charge in [0.15, 0.2) is 0 Å². The van der Waals surface area contributed by atoms with Crippen LogP contribution in [0.5, 0.6) is 0 Å². The molecule has 0 spiro atoms. The lowest BCUT2D eigenvalue weighted by Gasteiger charge is -1.93. The summed E-state index contributed by atoms with van der Waals surface area (Å²) in [5, 5.41) is 7.61. The molecular formula is C5H3ClN4OS2. The molecule has 0 aliphatic rings.